The van der Waals surface area contributed by atoms with Crippen LogP contribution in [0.4, 0.5) is 0 Å². The smallest absolute Gasteiger partial charge is 0.306 e. The van der Waals surface area contributed by atoms with E-state index in [-0.39, 0.29) is 17.7 Å². The maximum atomic E-state index is 12.5. The first kappa shape index (κ1) is 16.3. The van der Waals surface area contributed by atoms with Crippen LogP contribution in [0.2, 0.25) is 0 Å². The SMILES string of the molecule is CC(C)CCN1CCN(C(=O)[C@@H]2CC[C@H](C(=O)O)C2)CC1. The zero-order valence-corrected chi connectivity index (χ0v) is 13.3. The summed E-state index contributed by atoms with van der Waals surface area (Å²) in [5.74, 6) is -0.221. The molecular weight excluding hydrogens is 268 g/mol. The molecule has 0 unspecified atom stereocenters. The van der Waals surface area contributed by atoms with Gasteiger partial charge in [0.15, 0.2) is 0 Å². The van der Waals surface area contributed by atoms with Gasteiger partial charge in [0.1, 0.15) is 0 Å². The summed E-state index contributed by atoms with van der Waals surface area (Å²) in [5, 5.41) is 9.03. The van der Waals surface area contributed by atoms with Gasteiger partial charge < -0.3 is 10.0 Å². The molecule has 1 aliphatic carbocycles. The van der Waals surface area contributed by atoms with Gasteiger partial charge in [-0.3, -0.25) is 14.5 Å². The highest BCUT2D eigenvalue weighted by Crippen LogP contribution is 2.32. The lowest BCUT2D eigenvalue weighted by atomic mass is 10.0. The van der Waals surface area contributed by atoms with E-state index in [1.54, 1.807) is 0 Å². The highest BCUT2D eigenvalue weighted by Gasteiger charge is 2.36. The monoisotopic (exact) mass is 296 g/mol. The van der Waals surface area contributed by atoms with Gasteiger partial charge in [-0.25, -0.2) is 0 Å². The van der Waals surface area contributed by atoms with E-state index in [1.165, 1.54) is 6.42 Å². The van der Waals surface area contributed by atoms with Crippen molar-refractivity contribution in [2.24, 2.45) is 17.8 Å². The summed E-state index contributed by atoms with van der Waals surface area (Å²) in [6.07, 6.45) is 3.13. The predicted molar refractivity (Wildman–Crippen MR) is 80.9 cm³/mol. The fourth-order valence-electron chi connectivity index (χ4n) is 3.32. The molecule has 21 heavy (non-hydrogen) atoms. The van der Waals surface area contributed by atoms with E-state index in [0.717, 1.165) is 45.1 Å². The maximum Gasteiger partial charge on any atom is 0.306 e. The van der Waals surface area contributed by atoms with E-state index in [4.69, 9.17) is 5.11 Å². The van der Waals surface area contributed by atoms with Crippen LogP contribution in [0, 0.1) is 17.8 Å². The lowest BCUT2D eigenvalue weighted by Crippen LogP contribution is -2.50. The summed E-state index contributed by atoms with van der Waals surface area (Å²) in [6.45, 7) is 9.08. The average Bonchev–Trinajstić information content (AvgIpc) is 2.95. The van der Waals surface area contributed by atoms with E-state index in [9.17, 15) is 9.59 Å². The van der Waals surface area contributed by atoms with E-state index < -0.39 is 5.97 Å². The van der Waals surface area contributed by atoms with Crippen LogP contribution in [0.15, 0.2) is 0 Å². The van der Waals surface area contributed by atoms with E-state index >= 15 is 0 Å². The van der Waals surface area contributed by atoms with Crippen molar-refractivity contribution in [1.29, 1.82) is 0 Å². The minimum absolute atomic E-state index is 0.0617. The molecule has 1 saturated carbocycles. The second-order valence-corrected chi connectivity index (χ2v) is 6.89. The van der Waals surface area contributed by atoms with Gasteiger partial charge in [-0.1, -0.05) is 13.8 Å². The Labute approximate surface area is 127 Å². The van der Waals surface area contributed by atoms with Crippen molar-refractivity contribution in [2.75, 3.05) is 32.7 Å². The largest absolute Gasteiger partial charge is 0.481 e. The lowest BCUT2D eigenvalue weighted by molar-refractivity contribution is -0.142. The summed E-state index contributed by atoms with van der Waals surface area (Å²) in [7, 11) is 0. The molecule has 2 atom stereocenters. The van der Waals surface area contributed by atoms with E-state index in [1.807, 2.05) is 4.90 Å². The Balaban J connectivity index is 1.75. The number of nitrogens with zero attached hydrogens (tertiary/aromatic N) is 2. The van der Waals surface area contributed by atoms with Gasteiger partial charge >= 0.3 is 5.97 Å². The Morgan fingerprint density at radius 1 is 1.10 bits per heavy atom. The van der Waals surface area contributed by atoms with Gasteiger partial charge in [-0.05, 0) is 38.1 Å². The minimum atomic E-state index is -0.746. The van der Waals surface area contributed by atoms with Crippen LogP contribution < -0.4 is 0 Å². The summed E-state index contributed by atoms with van der Waals surface area (Å²) in [6, 6.07) is 0. The number of hydrogen-bond acceptors (Lipinski definition) is 3. The van der Waals surface area contributed by atoms with Crippen LogP contribution in [0.1, 0.15) is 39.5 Å². The van der Waals surface area contributed by atoms with E-state index in [2.05, 4.69) is 18.7 Å². The zero-order chi connectivity index (χ0) is 15.4. The molecule has 2 fully saturated rings. The third kappa shape index (κ3) is 4.43. The number of aliphatic carboxylic acids is 1. The van der Waals surface area contributed by atoms with Crippen LogP contribution in [-0.4, -0.2) is 59.5 Å². The predicted octanol–water partition coefficient (Wildman–Crippen LogP) is 1.68. The lowest BCUT2D eigenvalue weighted by Gasteiger charge is -2.36. The molecule has 2 aliphatic rings. The van der Waals surface area contributed by atoms with E-state index in [0.29, 0.717) is 12.8 Å². The fraction of sp³-hybridized carbons (Fsp3) is 0.875. The fourth-order valence-corrected chi connectivity index (χ4v) is 3.32. The first-order valence-corrected chi connectivity index (χ1v) is 8.21. The molecule has 2 rings (SSSR count). The Kier molecular flexibility index (Phi) is 5.62. The number of rotatable bonds is 5. The Morgan fingerprint density at radius 3 is 2.24 bits per heavy atom. The zero-order valence-electron chi connectivity index (χ0n) is 13.3. The highest BCUT2D eigenvalue weighted by atomic mass is 16.4. The van der Waals surface area contributed by atoms with Crippen molar-refractivity contribution in [1.82, 2.24) is 9.80 Å². The molecule has 1 N–H and O–H groups in total. The highest BCUT2D eigenvalue weighted by molar-refractivity contribution is 5.81. The molecule has 0 spiro atoms. The third-order valence-electron chi connectivity index (χ3n) is 4.84. The van der Waals surface area contributed by atoms with Crippen molar-refractivity contribution < 1.29 is 14.7 Å². The van der Waals surface area contributed by atoms with Crippen molar-refractivity contribution >= 4 is 11.9 Å². The number of carboxylic acid groups (broad SMARTS) is 1. The quantitative estimate of drug-likeness (QED) is 0.838. The van der Waals surface area contributed by atoms with Gasteiger partial charge in [0.25, 0.3) is 0 Å². The number of piperazine rings is 1. The number of hydrogen-bond donors (Lipinski definition) is 1. The molecule has 120 valence electrons. The molecule has 0 radical (unpaired) electrons. The summed E-state index contributed by atoms with van der Waals surface area (Å²) in [5.41, 5.74) is 0. The number of carboxylic acids is 1. The molecule has 0 bridgehead atoms. The molecule has 1 saturated heterocycles. The first-order chi connectivity index (χ1) is 9.97. The molecule has 5 nitrogen and oxygen atoms in total. The second kappa shape index (κ2) is 7.25. The van der Waals surface area contributed by atoms with Gasteiger partial charge in [0.2, 0.25) is 5.91 Å². The van der Waals surface area contributed by atoms with Crippen molar-refractivity contribution in [3.8, 4) is 0 Å². The number of carbonyl (C=O) groups excluding carboxylic acids is 1. The van der Waals surface area contributed by atoms with Gasteiger partial charge in [0.05, 0.1) is 5.92 Å². The molecule has 1 heterocycles. The standard InChI is InChI=1S/C16H28N2O3/c1-12(2)5-6-17-7-9-18(10-8-17)15(19)13-3-4-14(11-13)16(20)21/h12-14H,3-11H2,1-2H3,(H,20,21)/t13-,14+/m1/s1. The van der Waals surface area contributed by atoms with Crippen LogP contribution in [-0.2, 0) is 9.59 Å². The molecule has 1 amide bonds. The van der Waals surface area contributed by atoms with Crippen molar-refractivity contribution in [3.05, 3.63) is 0 Å². The third-order valence-corrected chi connectivity index (χ3v) is 4.84. The van der Waals surface area contributed by atoms with Gasteiger partial charge in [-0.2, -0.15) is 0 Å². The Hall–Kier alpha value is -1.10. The van der Waals surface area contributed by atoms with Crippen LogP contribution in [0.3, 0.4) is 0 Å². The van der Waals surface area contributed by atoms with Gasteiger partial charge in [0, 0.05) is 32.1 Å². The summed E-state index contributed by atoms with van der Waals surface area (Å²) in [4.78, 5) is 27.8. The topological polar surface area (TPSA) is 60.9 Å². The molecule has 0 aromatic rings. The number of amides is 1. The molecule has 0 aromatic heterocycles. The molecular formula is C16H28N2O3. The van der Waals surface area contributed by atoms with Crippen LogP contribution >= 0.6 is 0 Å². The molecule has 0 aromatic carbocycles. The molecule has 1 aliphatic heterocycles. The Bertz CT molecular complexity index is 376. The van der Waals surface area contributed by atoms with Crippen molar-refractivity contribution in [2.45, 2.75) is 39.5 Å². The number of carbonyl (C=O) groups is 2. The summed E-state index contributed by atoms with van der Waals surface area (Å²) < 4.78 is 0. The second-order valence-electron chi connectivity index (χ2n) is 6.89. The molecule has 5 heteroatoms. The summed E-state index contributed by atoms with van der Waals surface area (Å²) >= 11 is 0. The van der Waals surface area contributed by atoms with Crippen molar-refractivity contribution in [3.63, 3.8) is 0 Å². The van der Waals surface area contributed by atoms with Crippen LogP contribution in [0.5, 0.6) is 0 Å². The Morgan fingerprint density at radius 2 is 1.71 bits per heavy atom. The van der Waals surface area contributed by atoms with Crippen LogP contribution in [0.25, 0.3) is 0 Å². The minimum Gasteiger partial charge on any atom is -0.481 e. The first-order valence-electron chi connectivity index (χ1n) is 8.21. The maximum absolute atomic E-state index is 12.5. The normalized spacial score (nSPS) is 27.3. The average molecular weight is 296 g/mol. The van der Waals surface area contributed by atoms with Gasteiger partial charge in [-0.15, -0.1) is 0 Å².